The lowest BCUT2D eigenvalue weighted by Gasteiger charge is -2.31. The summed E-state index contributed by atoms with van der Waals surface area (Å²) in [7, 11) is 2.05. The SMILES string of the molecule is CNC(Cc1cccc(Cl)c1)C1CCCc2cccnc21. The van der Waals surface area contributed by atoms with Crippen molar-refractivity contribution >= 4 is 11.6 Å². The first-order valence-corrected chi connectivity index (χ1v) is 8.01. The fraction of sp³-hybridized carbons (Fsp3) is 0.389. The normalized spacial score (nSPS) is 19.0. The average molecular weight is 301 g/mol. The molecule has 0 saturated carbocycles. The first kappa shape index (κ1) is 14.6. The number of rotatable bonds is 4. The Balaban J connectivity index is 1.84. The van der Waals surface area contributed by atoms with Crippen molar-refractivity contribution in [1.29, 1.82) is 0 Å². The maximum Gasteiger partial charge on any atom is 0.0482 e. The van der Waals surface area contributed by atoms with Crippen LogP contribution in [-0.2, 0) is 12.8 Å². The van der Waals surface area contributed by atoms with Gasteiger partial charge in [-0.2, -0.15) is 0 Å². The van der Waals surface area contributed by atoms with Gasteiger partial charge in [0, 0.05) is 28.9 Å². The molecule has 3 heteroatoms. The molecule has 1 heterocycles. The summed E-state index contributed by atoms with van der Waals surface area (Å²) in [5.41, 5.74) is 3.98. The Morgan fingerprint density at radius 1 is 1.33 bits per heavy atom. The number of aryl methyl sites for hydroxylation is 1. The van der Waals surface area contributed by atoms with Crippen LogP contribution < -0.4 is 5.32 Å². The Hall–Kier alpha value is -1.38. The first-order chi connectivity index (χ1) is 10.3. The molecule has 21 heavy (non-hydrogen) atoms. The molecular formula is C18H21ClN2. The van der Waals surface area contributed by atoms with E-state index in [0.29, 0.717) is 12.0 Å². The number of halogens is 1. The quantitative estimate of drug-likeness (QED) is 0.923. The van der Waals surface area contributed by atoms with Crippen LogP contribution in [0.4, 0.5) is 0 Å². The average Bonchev–Trinajstić information content (AvgIpc) is 2.52. The molecule has 110 valence electrons. The highest BCUT2D eigenvalue weighted by Crippen LogP contribution is 2.33. The van der Waals surface area contributed by atoms with Crippen molar-refractivity contribution in [3.05, 3.63) is 64.4 Å². The van der Waals surface area contributed by atoms with Gasteiger partial charge in [0.05, 0.1) is 0 Å². The lowest BCUT2D eigenvalue weighted by Crippen LogP contribution is -2.36. The first-order valence-electron chi connectivity index (χ1n) is 7.63. The van der Waals surface area contributed by atoms with Gasteiger partial charge in [-0.3, -0.25) is 4.98 Å². The van der Waals surface area contributed by atoms with Gasteiger partial charge in [0.2, 0.25) is 0 Å². The van der Waals surface area contributed by atoms with Gasteiger partial charge >= 0.3 is 0 Å². The predicted molar refractivity (Wildman–Crippen MR) is 87.9 cm³/mol. The number of hydrogen-bond acceptors (Lipinski definition) is 2. The van der Waals surface area contributed by atoms with Crippen LogP contribution in [0, 0.1) is 0 Å². The summed E-state index contributed by atoms with van der Waals surface area (Å²) >= 11 is 6.11. The molecule has 0 bridgehead atoms. The largest absolute Gasteiger partial charge is 0.316 e. The topological polar surface area (TPSA) is 24.9 Å². The Bertz CT molecular complexity index is 612. The highest BCUT2D eigenvalue weighted by atomic mass is 35.5. The lowest BCUT2D eigenvalue weighted by atomic mass is 9.80. The summed E-state index contributed by atoms with van der Waals surface area (Å²) in [6.45, 7) is 0. The van der Waals surface area contributed by atoms with Crippen molar-refractivity contribution in [2.75, 3.05) is 7.05 Å². The van der Waals surface area contributed by atoms with Crippen molar-refractivity contribution in [3.8, 4) is 0 Å². The second-order valence-corrected chi connectivity index (χ2v) is 6.21. The molecular weight excluding hydrogens is 280 g/mol. The second kappa shape index (κ2) is 6.59. The fourth-order valence-corrected chi connectivity index (χ4v) is 3.61. The number of fused-ring (bicyclic) bond motifs is 1. The van der Waals surface area contributed by atoms with Gasteiger partial charge in [-0.05, 0) is 62.1 Å². The van der Waals surface area contributed by atoms with Gasteiger partial charge in [-0.15, -0.1) is 0 Å². The van der Waals surface area contributed by atoms with E-state index in [-0.39, 0.29) is 0 Å². The Morgan fingerprint density at radius 2 is 2.24 bits per heavy atom. The summed E-state index contributed by atoms with van der Waals surface area (Å²) < 4.78 is 0. The van der Waals surface area contributed by atoms with E-state index in [9.17, 15) is 0 Å². The van der Waals surface area contributed by atoms with E-state index < -0.39 is 0 Å². The van der Waals surface area contributed by atoms with Crippen molar-refractivity contribution in [1.82, 2.24) is 10.3 Å². The zero-order chi connectivity index (χ0) is 14.7. The van der Waals surface area contributed by atoms with Crippen LogP contribution in [0.2, 0.25) is 5.02 Å². The molecule has 0 radical (unpaired) electrons. The molecule has 2 nitrogen and oxygen atoms in total. The van der Waals surface area contributed by atoms with E-state index in [2.05, 4.69) is 28.5 Å². The van der Waals surface area contributed by atoms with Crippen LogP contribution in [0.1, 0.15) is 35.6 Å². The summed E-state index contributed by atoms with van der Waals surface area (Å²) in [5.74, 6) is 0.485. The standard InChI is InChI=1S/C18H21ClN2/c1-20-17(12-13-5-2-8-15(19)11-13)16-9-3-6-14-7-4-10-21-18(14)16/h2,4-5,7-8,10-11,16-17,20H,3,6,9,12H2,1H3. The molecule has 0 amide bonds. The minimum absolute atomic E-state index is 0.400. The number of nitrogens with zero attached hydrogens (tertiary/aromatic N) is 1. The van der Waals surface area contributed by atoms with Gasteiger partial charge in [0.1, 0.15) is 0 Å². The molecule has 1 aromatic heterocycles. The minimum atomic E-state index is 0.400. The molecule has 0 spiro atoms. The summed E-state index contributed by atoms with van der Waals surface area (Å²) in [6, 6.07) is 12.8. The minimum Gasteiger partial charge on any atom is -0.316 e. The number of hydrogen-bond donors (Lipinski definition) is 1. The van der Waals surface area contributed by atoms with E-state index in [1.54, 1.807) is 0 Å². The maximum absolute atomic E-state index is 6.11. The zero-order valence-electron chi connectivity index (χ0n) is 12.3. The molecule has 1 aliphatic carbocycles. The Morgan fingerprint density at radius 3 is 3.05 bits per heavy atom. The highest BCUT2D eigenvalue weighted by molar-refractivity contribution is 6.30. The molecule has 1 N–H and O–H groups in total. The van der Waals surface area contributed by atoms with Crippen molar-refractivity contribution in [2.45, 2.75) is 37.6 Å². The van der Waals surface area contributed by atoms with Crippen LogP contribution in [0.25, 0.3) is 0 Å². The molecule has 1 aliphatic rings. The summed E-state index contributed by atoms with van der Waals surface area (Å²) in [6.07, 6.45) is 6.52. The highest BCUT2D eigenvalue weighted by Gasteiger charge is 2.28. The monoisotopic (exact) mass is 300 g/mol. The smallest absolute Gasteiger partial charge is 0.0482 e. The maximum atomic E-state index is 6.11. The molecule has 2 unspecified atom stereocenters. The zero-order valence-corrected chi connectivity index (χ0v) is 13.1. The van der Waals surface area contributed by atoms with Crippen LogP contribution in [0.15, 0.2) is 42.6 Å². The summed E-state index contributed by atoms with van der Waals surface area (Å²) in [4.78, 5) is 4.66. The number of aromatic nitrogens is 1. The third-order valence-electron chi connectivity index (χ3n) is 4.44. The molecule has 0 aliphatic heterocycles. The number of nitrogens with one attached hydrogen (secondary N) is 1. The summed E-state index contributed by atoms with van der Waals surface area (Å²) in [5, 5.41) is 4.31. The predicted octanol–water partition coefficient (Wildman–Crippen LogP) is 3.99. The van der Waals surface area contributed by atoms with E-state index >= 15 is 0 Å². The van der Waals surface area contributed by atoms with Crippen LogP contribution in [0.5, 0.6) is 0 Å². The lowest BCUT2D eigenvalue weighted by molar-refractivity contribution is 0.403. The number of likely N-dealkylation sites (N-methyl/N-ethyl adjacent to an activating group) is 1. The van der Waals surface area contributed by atoms with E-state index in [1.165, 1.54) is 29.7 Å². The molecule has 1 aromatic carbocycles. The fourth-order valence-electron chi connectivity index (χ4n) is 3.40. The Kier molecular flexibility index (Phi) is 4.57. The second-order valence-electron chi connectivity index (χ2n) is 5.78. The van der Waals surface area contributed by atoms with Gasteiger partial charge in [0.25, 0.3) is 0 Å². The van der Waals surface area contributed by atoms with E-state index in [4.69, 9.17) is 11.6 Å². The van der Waals surface area contributed by atoms with E-state index in [1.807, 2.05) is 31.4 Å². The van der Waals surface area contributed by atoms with Gasteiger partial charge in [-0.25, -0.2) is 0 Å². The van der Waals surface area contributed by atoms with Crippen LogP contribution in [-0.4, -0.2) is 18.1 Å². The molecule has 2 aromatic rings. The van der Waals surface area contributed by atoms with Gasteiger partial charge in [0.15, 0.2) is 0 Å². The third-order valence-corrected chi connectivity index (χ3v) is 4.67. The van der Waals surface area contributed by atoms with Gasteiger partial charge in [-0.1, -0.05) is 29.8 Å². The number of benzene rings is 1. The van der Waals surface area contributed by atoms with Crippen molar-refractivity contribution < 1.29 is 0 Å². The molecule has 3 rings (SSSR count). The molecule has 0 fully saturated rings. The van der Waals surface area contributed by atoms with E-state index in [0.717, 1.165) is 17.9 Å². The van der Waals surface area contributed by atoms with Crippen LogP contribution in [0.3, 0.4) is 0 Å². The van der Waals surface area contributed by atoms with Crippen LogP contribution >= 0.6 is 11.6 Å². The Labute approximate surface area is 131 Å². The third kappa shape index (κ3) is 3.28. The molecule has 2 atom stereocenters. The van der Waals surface area contributed by atoms with Crippen molar-refractivity contribution in [2.24, 2.45) is 0 Å². The molecule has 0 saturated heterocycles. The van der Waals surface area contributed by atoms with Gasteiger partial charge < -0.3 is 5.32 Å². The number of pyridine rings is 1. The van der Waals surface area contributed by atoms with Crippen molar-refractivity contribution in [3.63, 3.8) is 0 Å².